The molecule has 2 heterocycles. The number of aliphatic hydroxyl groups excluding tert-OH is 2. The molecule has 1 fully saturated rings. The summed E-state index contributed by atoms with van der Waals surface area (Å²) >= 11 is 0. The molecule has 0 saturated carbocycles. The Morgan fingerprint density at radius 2 is 2.45 bits per heavy atom. The molecule has 1 unspecified atom stereocenters. The molecule has 4 N–H and O–H groups in total. The molecule has 0 amide bonds. The second-order valence-electron chi connectivity index (χ2n) is 4.37. The maximum Gasteiger partial charge on any atom is 0.351 e. The Labute approximate surface area is 113 Å². The Hall–Kier alpha value is -1.99. The summed E-state index contributed by atoms with van der Waals surface area (Å²) in [6, 6.07) is 1.29. The van der Waals surface area contributed by atoms with Crippen LogP contribution in [0.5, 0.6) is 0 Å². The van der Waals surface area contributed by atoms with Crippen molar-refractivity contribution in [2.45, 2.75) is 24.1 Å². The Morgan fingerprint density at radius 1 is 1.75 bits per heavy atom. The summed E-state index contributed by atoms with van der Waals surface area (Å²) in [6.45, 7) is 2.64. The molecule has 1 aliphatic rings. The summed E-state index contributed by atoms with van der Waals surface area (Å²) in [5.74, 6) is -0.0211. The second-order valence-corrected chi connectivity index (χ2v) is 4.37. The van der Waals surface area contributed by atoms with Gasteiger partial charge in [-0.2, -0.15) is 4.98 Å². The first-order chi connectivity index (χ1) is 9.43. The quantitative estimate of drug-likeness (QED) is 0.622. The molecular weight excluding hydrogens is 269 g/mol. The maximum absolute atomic E-state index is 14.9. The largest absolute Gasteiger partial charge is 0.394 e. The van der Waals surface area contributed by atoms with Crippen LogP contribution in [-0.4, -0.2) is 44.2 Å². The SMILES string of the molecule is C=C=C[C@@]1(F)C(O)[C@@H](CO)O[C@H]1n1ccc(N)nc1=O. The van der Waals surface area contributed by atoms with Crippen molar-refractivity contribution in [2.24, 2.45) is 0 Å². The average molecular weight is 283 g/mol. The third kappa shape index (κ3) is 2.14. The summed E-state index contributed by atoms with van der Waals surface area (Å²) in [7, 11) is 0. The molecule has 1 saturated heterocycles. The highest BCUT2D eigenvalue weighted by Gasteiger charge is 2.57. The molecular formula is C12H14FN3O4. The van der Waals surface area contributed by atoms with Gasteiger partial charge in [0.1, 0.15) is 18.0 Å². The van der Waals surface area contributed by atoms with Gasteiger partial charge in [0, 0.05) is 12.3 Å². The molecule has 1 aromatic rings. The number of nitrogen functional groups attached to an aromatic ring is 1. The van der Waals surface area contributed by atoms with Gasteiger partial charge in [0.15, 0.2) is 6.23 Å². The van der Waals surface area contributed by atoms with Crippen LogP contribution in [0, 0.1) is 0 Å². The zero-order valence-corrected chi connectivity index (χ0v) is 10.4. The molecule has 0 aliphatic carbocycles. The third-order valence-electron chi connectivity index (χ3n) is 3.10. The van der Waals surface area contributed by atoms with E-state index in [1.54, 1.807) is 0 Å². The number of halogens is 1. The molecule has 20 heavy (non-hydrogen) atoms. The fourth-order valence-corrected chi connectivity index (χ4v) is 2.11. The molecule has 7 nitrogen and oxygen atoms in total. The van der Waals surface area contributed by atoms with E-state index in [2.05, 4.69) is 17.3 Å². The molecule has 0 spiro atoms. The number of hydrogen-bond donors (Lipinski definition) is 3. The van der Waals surface area contributed by atoms with E-state index in [1.165, 1.54) is 12.3 Å². The Balaban J connectivity index is 2.53. The number of nitrogens with zero attached hydrogens (tertiary/aromatic N) is 2. The summed E-state index contributed by atoms with van der Waals surface area (Å²) in [4.78, 5) is 15.2. The van der Waals surface area contributed by atoms with Gasteiger partial charge in [-0.25, -0.2) is 9.18 Å². The lowest BCUT2D eigenvalue weighted by atomic mass is 9.96. The topological polar surface area (TPSA) is 111 Å². The van der Waals surface area contributed by atoms with Crippen LogP contribution in [0.15, 0.2) is 35.4 Å². The van der Waals surface area contributed by atoms with Crippen molar-refractivity contribution in [3.63, 3.8) is 0 Å². The van der Waals surface area contributed by atoms with Crippen molar-refractivity contribution in [3.05, 3.63) is 41.1 Å². The molecule has 2 rings (SSSR count). The number of nitrogens with two attached hydrogens (primary N) is 1. The van der Waals surface area contributed by atoms with Crippen LogP contribution in [0.1, 0.15) is 6.23 Å². The van der Waals surface area contributed by atoms with E-state index in [0.717, 1.165) is 10.6 Å². The van der Waals surface area contributed by atoms with Crippen LogP contribution >= 0.6 is 0 Å². The minimum Gasteiger partial charge on any atom is -0.394 e. The fourth-order valence-electron chi connectivity index (χ4n) is 2.11. The lowest BCUT2D eigenvalue weighted by Gasteiger charge is -2.25. The number of alkyl halides is 1. The highest BCUT2D eigenvalue weighted by Crippen LogP contribution is 2.41. The first-order valence-electron chi connectivity index (χ1n) is 5.79. The fraction of sp³-hybridized carbons (Fsp3) is 0.417. The van der Waals surface area contributed by atoms with Gasteiger partial charge in [0.2, 0.25) is 5.67 Å². The van der Waals surface area contributed by atoms with Crippen LogP contribution in [0.25, 0.3) is 0 Å². The summed E-state index contributed by atoms with van der Waals surface area (Å²) < 4.78 is 21.0. The monoisotopic (exact) mass is 283 g/mol. The number of ether oxygens (including phenoxy) is 1. The second kappa shape index (κ2) is 5.18. The first-order valence-corrected chi connectivity index (χ1v) is 5.79. The van der Waals surface area contributed by atoms with Crippen molar-refractivity contribution in [1.29, 1.82) is 0 Å². The zero-order chi connectivity index (χ0) is 14.9. The predicted molar refractivity (Wildman–Crippen MR) is 67.5 cm³/mol. The van der Waals surface area contributed by atoms with Crippen LogP contribution in [0.3, 0.4) is 0 Å². The molecule has 108 valence electrons. The van der Waals surface area contributed by atoms with E-state index >= 15 is 0 Å². The smallest absolute Gasteiger partial charge is 0.351 e. The van der Waals surface area contributed by atoms with E-state index < -0.39 is 36.4 Å². The van der Waals surface area contributed by atoms with E-state index in [0.29, 0.717) is 0 Å². The minimum atomic E-state index is -2.46. The van der Waals surface area contributed by atoms with Crippen LogP contribution in [0.4, 0.5) is 10.2 Å². The van der Waals surface area contributed by atoms with Crippen molar-refractivity contribution in [1.82, 2.24) is 9.55 Å². The van der Waals surface area contributed by atoms with E-state index in [9.17, 15) is 14.3 Å². The molecule has 1 aromatic heterocycles. The van der Waals surface area contributed by atoms with Gasteiger partial charge in [0.05, 0.1) is 6.61 Å². The van der Waals surface area contributed by atoms with Gasteiger partial charge in [-0.15, -0.1) is 5.73 Å². The standard InChI is InChI=1S/C12H14FN3O4/c1-2-4-12(13)9(18)7(6-17)20-10(12)16-5-3-8(14)15-11(16)19/h3-5,7,9-10,17-18H,1,6H2,(H2,14,15,19)/t7-,9?,10-,12-/m1/s1. The lowest BCUT2D eigenvalue weighted by molar-refractivity contribution is -0.0554. The molecule has 4 atom stereocenters. The number of aromatic nitrogens is 2. The lowest BCUT2D eigenvalue weighted by Crippen LogP contribution is -2.43. The van der Waals surface area contributed by atoms with Crippen molar-refractivity contribution >= 4 is 5.82 Å². The molecule has 0 aromatic carbocycles. The molecule has 8 heteroatoms. The normalized spacial score (nSPS) is 32.9. The number of anilines is 1. The first kappa shape index (κ1) is 14.4. The van der Waals surface area contributed by atoms with Crippen LogP contribution in [-0.2, 0) is 4.74 Å². The summed E-state index contributed by atoms with van der Waals surface area (Å²) in [5, 5.41) is 19.0. The summed E-state index contributed by atoms with van der Waals surface area (Å²) in [6.07, 6.45) is -2.28. The van der Waals surface area contributed by atoms with Crippen molar-refractivity contribution in [2.75, 3.05) is 12.3 Å². The average Bonchev–Trinajstić information content (AvgIpc) is 2.63. The highest BCUT2D eigenvalue weighted by atomic mass is 19.1. The predicted octanol–water partition coefficient (Wildman–Crippen LogP) is -0.875. The van der Waals surface area contributed by atoms with Gasteiger partial charge < -0.3 is 20.7 Å². The number of aliphatic hydroxyl groups is 2. The molecule has 0 radical (unpaired) electrons. The third-order valence-corrected chi connectivity index (χ3v) is 3.10. The molecule has 0 bridgehead atoms. The number of rotatable bonds is 3. The number of hydrogen-bond acceptors (Lipinski definition) is 6. The molecule has 1 aliphatic heterocycles. The highest BCUT2D eigenvalue weighted by molar-refractivity contribution is 5.24. The Kier molecular flexibility index (Phi) is 3.74. The van der Waals surface area contributed by atoms with E-state index in [-0.39, 0.29) is 5.82 Å². The Morgan fingerprint density at radius 3 is 3.00 bits per heavy atom. The van der Waals surface area contributed by atoms with Crippen molar-refractivity contribution < 1.29 is 19.3 Å². The van der Waals surface area contributed by atoms with Gasteiger partial charge in [0.25, 0.3) is 0 Å². The maximum atomic E-state index is 14.9. The Bertz CT molecular complexity index is 613. The van der Waals surface area contributed by atoms with E-state index in [1.807, 2.05) is 0 Å². The summed E-state index contributed by atoms with van der Waals surface area (Å²) in [5.41, 5.74) is 4.28. The van der Waals surface area contributed by atoms with Crippen LogP contribution < -0.4 is 11.4 Å². The van der Waals surface area contributed by atoms with Gasteiger partial charge in [-0.3, -0.25) is 4.57 Å². The van der Waals surface area contributed by atoms with Gasteiger partial charge in [-0.1, -0.05) is 6.58 Å². The van der Waals surface area contributed by atoms with Gasteiger partial charge in [-0.05, 0) is 6.07 Å². The van der Waals surface area contributed by atoms with E-state index in [4.69, 9.17) is 15.6 Å². The van der Waals surface area contributed by atoms with Crippen molar-refractivity contribution in [3.8, 4) is 0 Å². The minimum absolute atomic E-state index is 0.0211. The van der Waals surface area contributed by atoms with Gasteiger partial charge >= 0.3 is 5.69 Å². The zero-order valence-electron chi connectivity index (χ0n) is 10.4. The van der Waals surface area contributed by atoms with Crippen LogP contribution in [0.2, 0.25) is 0 Å².